The minimum atomic E-state index is -3.65. The number of phenolic OH excluding ortho intramolecular Hbond substituents is 1. The molecule has 0 atom stereocenters. The van der Waals surface area contributed by atoms with Crippen molar-refractivity contribution >= 4 is 20.6 Å². The number of halogens is 1. The molecule has 0 radical (unpaired) electrons. The molecule has 7 heteroatoms. The van der Waals surface area contributed by atoms with Crippen LogP contribution in [0.1, 0.15) is 11.3 Å². The number of fused-ring (bicyclic) bond motifs is 1. The molecule has 0 fully saturated rings. The quantitative estimate of drug-likeness (QED) is 0.484. The van der Waals surface area contributed by atoms with E-state index in [4.69, 9.17) is 0 Å². The Hall–Kier alpha value is -3.32. The van der Waals surface area contributed by atoms with Gasteiger partial charge in [-0.15, -0.1) is 0 Å². The fourth-order valence-corrected chi connectivity index (χ4v) is 3.92. The first kappa shape index (κ1) is 20.0. The van der Waals surface area contributed by atoms with E-state index >= 15 is 0 Å². The average molecular weight is 422 g/mol. The molecular formula is C23H19FN2O3S. The van der Waals surface area contributed by atoms with Crippen LogP contribution < -0.4 is 0 Å². The second kappa shape index (κ2) is 7.84. The summed E-state index contributed by atoms with van der Waals surface area (Å²) in [4.78, 5) is 8.47. The molecule has 0 aliphatic carbocycles. The topological polar surface area (TPSA) is 80.2 Å². The Balaban J connectivity index is 1.82. The van der Waals surface area contributed by atoms with Crippen LogP contribution >= 0.6 is 0 Å². The van der Waals surface area contributed by atoms with Gasteiger partial charge in [-0.25, -0.2) is 22.8 Å². The molecule has 4 rings (SSSR count). The van der Waals surface area contributed by atoms with Crippen LogP contribution in [0.25, 0.3) is 22.0 Å². The predicted molar refractivity (Wildman–Crippen MR) is 114 cm³/mol. The Morgan fingerprint density at radius 1 is 0.900 bits per heavy atom. The molecule has 5 nitrogen and oxygen atoms in total. The van der Waals surface area contributed by atoms with Gasteiger partial charge >= 0.3 is 0 Å². The lowest BCUT2D eigenvalue weighted by Crippen LogP contribution is -2.08. The van der Waals surface area contributed by atoms with E-state index in [9.17, 15) is 17.9 Å². The van der Waals surface area contributed by atoms with Crippen molar-refractivity contribution in [2.24, 2.45) is 0 Å². The number of hydrogen-bond donors (Lipinski definition) is 1. The molecule has 1 N–H and O–H groups in total. The van der Waals surface area contributed by atoms with Gasteiger partial charge in [-0.05, 0) is 48.1 Å². The molecule has 0 aliphatic heterocycles. The Morgan fingerprint density at radius 2 is 1.60 bits per heavy atom. The van der Waals surface area contributed by atoms with Crippen LogP contribution in [0.5, 0.6) is 5.75 Å². The zero-order valence-electron chi connectivity index (χ0n) is 16.2. The Kier molecular flexibility index (Phi) is 5.22. The summed E-state index contributed by atoms with van der Waals surface area (Å²) in [5.41, 5.74) is 2.31. The van der Waals surface area contributed by atoms with Gasteiger partial charge in [-0.2, -0.15) is 0 Å². The van der Waals surface area contributed by atoms with Crippen molar-refractivity contribution in [1.29, 1.82) is 0 Å². The Bertz CT molecular complexity index is 1350. The van der Waals surface area contributed by atoms with Crippen molar-refractivity contribution < 1.29 is 17.9 Å². The van der Waals surface area contributed by atoms with E-state index in [0.29, 0.717) is 40.6 Å². The molecule has 0 bridgehead atoms. The third-order valence-electron chi connectivity index (χ3n) is 4.88. The van der Waals surface area contributed by atoms with Gasteiger partial charge < -0.3 is 5.11 Å². The van der Waals surface area contributed by atoms with E-state index < -0.39 is 9.84 Å². The maximum atomic E-state index is 14.2. The summed E-state index contributed by atoms with van der Waals surface area (Å²) in [6.45, 7) is 0. The highest BCUT2D eigenvalue weighted by atomic mass is 32.2. The summed E-state index contributed by atoms with van der Waals surface area (Å²) in [5, 5.41) is 10.8. The number of aryl methyl sites for hydroxylation is 2. The van der Waals surface area contributed by atoms with Crippen LogP contribution in [0.2, 0.25) is 0 Å². The molecule has 0 spiro atoms. The number of aromatic hydroxyl groups is 1. The van der Waals surface area contributed by atoms with Crippen LogP contribution in [0, 0.1) is 5.82 Å². The second-order valence-electron chi connectivity index (χ2n) is 7.07. The van der Waals surface area contributed by atoms with Crippen molar-refractivity contribution in [1.82, 2.24) is 9.97 Å². The van der Waals surface area contributed by atoms with Crippen molar-refractivity contribution in [3.63, 3.8) is 0 Å². The van der Waals surface area contributed by atoms with Crippen LogP contribution in [0.15, 0.2) is 71.9 Å². The van der Waals surface area contributed by atoms with Crippen LogP contribution in [-0.4, -0.2) is 29.7 Å². The molecule has 0 saturated carbocycles. The Labute approximate surface area is 173 Å². The normalized spacial score (nSPS) is 11.7. The van der Waals surface area contributed by atoms with Gasteiger partial charge in [0.1, 0.15) is 11.6 Å². The van der Waals surface area contributed by atoms with Gasteiger partial charge in [0.25, 0.3) is 0 Å². The lowest BCUT2D eigenvalue weighted by Gasteiger charge is -2.11. The van der Waals surface area contributed by atoms with Crippen molar-refractivity contribution in [2.45, 2.75) is 18.0 Å². The minimum Gasteiger partial charge on any atom is -0.508 e. The second-order valence-corrected chi connectivity index (χ2v) is 8.98. The summed E-state index contributed by atoms with van der Waals surface area (Å²) in [5.74, 6) is -0.175. The molecular weight excluding hydrogens is 403 g/mol. The maximum absolute atomic E-state index is 14.2. The number of para-hydroxylation sites is 1. The average Bonchev–Trinajstić information content (AvgIpc) is 2.73. The number of hydrogen-bond acceptors (Lipinski definition) is 5. The van der Waals surface area contributed by atoms with E-state index in [1.54, 1.807) is 48.5 Å². The number of phenols is 1. The van der Waals surface area contributed by atoms with Crippen LogP contribution in [0.3, 0.4) is 0 Å². The fourth-order valence-electron chi connectivity index (χ4n) is 3.38. The highest BCUT2D eigenvalue weighted by Gasteiger charge is 2.17. The first-order valence-corrected chi connectivity index (χ1v) is 11.2. The predicted octanol–water partition coefficient (Wildman–Crippen LogP) is 4.33. The summed E-state index contributed by atoms with van der Waals surface area (Å²) >= 11 is 0. The molecule has 1 aromatic heterocycles. The third-order valence-corrected chi connectivity index (χ3v) is 5.73. The summed E-state index contributed by atoms with van der Waals surface area (Å²) < 4.78 is 38.6. The lowest BCUT2D eigenvalue weighted by molar-refractivity contribution is 0.468. The zero-order valence-corrected chi connectivity index (χ0v) is 17.0. The van der Waals surface area contributed by atoms with E-state index in [1.165, 1.54) is 6.07 Å². The first-order chi connectivity index (χ1) is 14.3. The largest absolute Gasteiger partial charge is 0.508 e. The number of benzene rings is 3. The molecule has 0 aliphatic rings. The smallest absolute Gasteiger partial charge is 0.247 e. The molecule has 1 heterocycles. The highest BCUT2D eigenvalue weighted by molar-refractivity contribution is 7.90. The van der Waals surface area contributed by atoms with Crippen LogP contribution in [-0.2, 0) is 22.7 Å². The van der Waals surface area contributed by atoms with E-state index in [1.807, 2.05) is 12.1 Å². The van der Waals surface area contributed by atoms with E-state index in [-0.39, 0.29) is 16.7 Å². The summed E-state index contributed by atoms with van der Waals surface area (Å²) in [6, 6.07) is 18.6. The fraction of sp³-hybridized carbons (Fsp3) is 0.130. The monoisotopic (exact) mass is 422 g/mol. The number of rotatable bonds is 5. The molecule has 0 amide bonds. The van der Waals surface area contributed by atoms with Gasteiger partial charge in [-0.1, -0.05) is 42.5 Å². The molecule has 0 saturated heterocycles. The summed E-state index contributed by atoms with van der Waals surface area (Å²) in [6.07, 6.45) is 1.95. The number of sulfone groups is 1. The highest BCUT2D eigenvalue weighted by Crippen LogP contribution is 2.30. The van der Waals surface area contributed by atoms with Gasteiger partial charge in [0.2, 0.25) is 15.0 Å². The van der Waals surface area contributed by atoms with Crippen molar-refractivity contribution in [3.8, 4) is 17.0 Å². The Morgan fingerprint density at radius 3 is 2.33 bits per heavy atom. The maximum Gasteiger partial charge on any atom is 0.247 e. The van der Waals surface area contributed by atoms with Crippen molar-refractivity contribution in [2.75, 3.05) is 6.26 Å². The van der Waals surface area contributed by atoms with Gasteiger partial charge in [-0.3, -0.25) is 0 Å². The van der Waals surface area contributed by atoms with Crippen LogP contribution in [0.4, 0.5) is 4.39 Å². The number of nitrogens with zero attached hydrogens (tertiary/aromatic N) is 2. The van der Waals surface area contributed by atoms with E-state index in [0.717, 1.165) is 11.8 Å². The molecule has 30 heavy (non-hydrogen) atoms. The van der Waals surface area contributed by atoms with E-state index in [2.05, 4.69) is 9.97 Å². The van der Waals surface area contributed by atoms with Gasteiger partial charge in [0.15, 0.2) is 0 Å². The standard InChI is InChI=1S/C23H19FN2O3S/c1-30(28,29)23-25-16(11-10-15-6-2-5-9-22(15)27)14-21(26-23)19-12-13-20(24)18-8-4-3-7-17(18)19/h2-9,12-14,27H,10-11H2,1H3. The number of aromatic nitrogens is 2. The van der Waals surface area contributed by atoms with Gasteiger partial charge in [0, 0.05) is 22.9 Å². The SMILES string of the molecule is CS(=O)(=O)c1nc(CCc2ccccc2O)cc(-c2ccc(F)c3ccccc23)n1. The lowest BCUT2D eigenvalue weighted by atomic mass is 10.0. The first-order valence-electron chi connectivity index (χ1n) is 9.35. The third kappa shape index (κ3) is 4.02. The summed E-state index contributed by atoms with van der Waals surface area (Å²) in [7, 11) is -3.65. The molecule has 4 aromatic rings. The van der Waals surface area contributed by atoms with Gasteiger partial charge in [0.05, 0.1) is 5.69 Å². The van der Waals surface area contributed by atoms with Crippen molar-refractivity contribution in [3.05, 3.63) is 83.8 Å². The molecule has 3 aromatic carbocycles. The molecule has 0 unspecified atom stereocenters. The molecule has 152 valence electrons. The minimum absolute atomic E-state index is 0.180. The zero-order chi connectivity index (χ0) is 21.3.